The molecule has 0 aliphatic carbocycles. The van der Waals surface area contributed by atoms with E-state index in [-0.39, 0.29) is 12.5 Å². The smallest absolute Gasteiger partial charge is 0.258 e. The van der Waals surface area contributed by atoms with Crippen molar-refractivity contribution in [2.24, 2.45) is 7.05 Å². The molecule has 0 aliphatic rings. The Hall–Kier alpha value is -2.57. The highest BCUT2D eigenvalue weighted by molar-refractivity contribution is 5.77. The zero-order chi connectivity index (χ0) is 15.8. The maximum absolute atomic E-state index is 11.7. The Morgan fingerprint density at radius 1 is 1.23 bits per heavy atom. The molecule has 0 saturated heterocycles. The van der Waals surface area contributed by atoms with E-state index in [1.807, 2.05) is 19.2 Å². The molecule has 1 aromatic carbocycles. The van der Waals surface area contributed by atoms with Crippen molar-refractivity contribution in [1.82, 2.24) is 20.1 Å². The number of hydrogen-bond donors (Lipinski definition) is 1. The quantitative estimate of drug-likeness (QED) is 0.795. The van der Waals surface area contributed by atoms with Gasteiger partial charge in [-0.1, -0.05) is 6.92 Å². The highest BCUT2D eigenvalue weighted by Crippen LogP contribution is 2.17. The summed E-state index contributed by atoms with van der Waals surface area (Å²) in [5.74, 6) is 1.89. The normalized spacial score (nSPS) is 10.3. The van der Waals surface area contributed by atoms with Gasteiger partial charge < -0.3 is 19.4 Å². The van der Waals surface area contributed by atoms with Crippen LogP contribution in [0.2, 0.25) is 0 Å². The summed E-state index contributed by atoms with van der Waals surface area (Å²) >= 11 is 0. The number of rotatable bonds is 8. The van der Waals surface area contributed by atoms with Crippen LogP contribution < -0.4 is 14.8 Å². The van der Waals surface area contributed by atoms with Gasteiger partial charge in [-0.25, -0.2) is 0 Å². The van der Waals surface area contributed by atoms with Gasteiger partial charge in [0.15, 0.2) is 12.4 Å². The molecule has 0 bridgehead atoms. The number of nitrogens with zero attached hydrogens (tertiary/aromatic N) is 3. The van der Waals surface area contributed by atoms with Crippen molar-refractivity contribution in [3.63, 3.8) is 0 Å². The number of aryl methyl sites for hydroxylation is 1. The SMILES string of the molecule is CCCOc1ccc(OCC(=O)NCc2nncn2C)cc1. The number of hydrogen-bond acceptors (Lipinski definition) is 5. The van der Waals surface area contributed by atoms with E-state index in [9.17, 15) is 4.79 Å². The average Bonchev–Trinajstić information content (AvgIpc) is 2.95. The third kappa shape index (κ3) is 4.76. The van der Waals surface area contributed by atoms with Crippen LogP contribution in [0.1, 0.15) is 19.2 Å². The lowest BCUT2D eigenvalue weighted by atomic mass is 10.3. The second-order valence-corrected chi connectivity index (χ2v) is 4.74. The molecule has 0 unspecified atom stereocenters. The minimum Gasteiger partial charge on any atom is -0.494 e. The molecule has 2 aromatic rings. The molecule has 7 heteroatoms. The fraction of sp³-hybridized carbons (Fsp3) is 0.400. The van der Waals surface area contributed by atoms with Crippen LogP contribution in [0.5, 0.6) is 11.5 Å². The summed E-state index contributed by atoms with van der Waals surface area (Å²) in [6.07, 6.45) is 2.55. The molecule has 0 aliphatic heterocycles. The van der Waals surface area contributed by atoms with Crippen LogP contribution in [0.3, 0.4) is 0 Å². The van der Waals surface area contributed by atoms with Crippen molar-refractivity contribution in [2.75, 3.05) is 13.2 Å². The fourth-order valence-corrected chi connectivity index (χ4v) is 1.70. The molecule has 1 amide bonds. The Balaban J connectivity index is 1.72. The van der Waals surface area contributed by atoms with E-state index in [4.69, 9.17) is 9.47 Å². The van der Waals surface area contributed by atoms with E-state index >= 15 is 0 Å². The topological polar surface area (TPSA) is 78.3 Å². The van der Waals surface area contributed by atoms with Gasteiger partial charge in [-0.2, -0.15) is 0 Å². The van der Waals surface area contributed by atoms with Crippen LogP contribution in [0, 0.1) is 0 Å². The molecule has 0 atom stereocenters. The molecule has 1 N–H and O–H groups in total. The molecular formula is C15H20N4O3. The van der Waals surface area contributed by atoms with E-state index in [0.29, 0.717) is 24.7 Å². The number of nitrogens with one attached hydrogen (secondary N) is 1. The number of ether oxygens (including phenoxy) is 2. The molecule has 1 aromatic heterocycles. The second-order valence-electron chi connectivity index (χ2n) is 4.74. The molecular weight excluding hydrogens is 284 g/mol. The Morgan fingerprint density at radius 3 is 2.50 bits per heavy atom. The lowest BCUT2D eigenvalue weighted by molar-refractivity contribution is -0.123. The number of aromatic nitrogens is 3. The van der Waals surface area contributed by atoms with Gasteiger partial charge in [0, 0.05) is 7.05 Å². The Labute approximate surface area is 129 Å². The maximum Gasteiger partial charge on any atom is 0.258 e. The fourth-order valence-electron chi connectivity index (χ4n) is 1.70. The molecule has 2 rings (SSSR count). The molecule has 0 saturated carbocycles. The highest BCUT2D eigenvalue weighted by atomic mass is 16.5. The number of carbonyl (C=O) groups is 1. The Kier molecular flexibility index (Phi) is 5.76. The van der Waals surface area contributed by atoms with Crippen LogP contribution in [-0.4, -0.2) is 33.9 Å². The minimum absolute atomic E-state index is 0.0486. The first kappa shape index (κ1) is 15.8. The van der Waals surface area contributed by atoms with Crippen molar-refractivity contribution in [1.29, 1.82) is 0 Å². The van der Waals surface area contributed by atoms with Crippen LogP contribution in [0.4, 0.5) is 0 Å². The molecule has 1 heterocycles. The van der Waals surface area contributed by atoms with Crippen LogP contribution in [-0.2, 0) is 18.4 Å². The molecule has 0 spiro atoms. The van der Waals surface area contributed by atoms with Gasteiger partial charge in [0.2, 0.25) is 0 Å². The Bertz CT molecular complexity index is 595. The van der Waals surface area contributed by atoms with E-state index in [1.165, 1.54) is 0 Å². The number of amides is 1. The minimum atomic E-state index is -0.214. The largest absolute Gasteiger partial charge is 0.494 e. The molecule has 22 heavy (non-hydrogen) atoms. The summed E-state index contributed by atoms with van der Waals surface area (Å²) in [5, 5.41) is 10.3. The van der Waals surface area contributed by atoms with E-state index < -0.39 is 0 Å². The third-order valence-electron chi connectivity index (χ3n) is 2.92. The van der Waals surface area contributed by atoms with Crippen molar-refractivity contribution in [3.05, 3.63) is 36.4 Å². The Morgan fingerprint density at radius 2 is 1.91 bits per heavy atom. The highest BCUT2D eigenvalue weighted by Gasteiger charge is 2.06. The lowest BCUT2D eigenvalue weighted by Gasteiger charge is -2.08. The first-order valence-corrected chi connectivity index (χ1v) is 7.14. The summed E-state index contributed by atoms with van der Waals surface area (Å²) in [7, 11) is 1.82. The molecule has 0 radical (unpaired) electrons. The van der Waals surface area contributed by atoms with Crippen molar-refractivity contribution >= 4 is 5.91 Å². The van der Waals surface area contributed by atoms with Crippen LogP contribution in [0.15, 0.2) is 30.6 Å². The number of benzene rings is 1. The first-order chi connectivity index (χ1) is 10.7. The summed E-state index contributed by atoms with van der Waals surface area (Å²) in [5.41, 5.74) is 0. The van der Waals surface area contributed by atoms with Gasteiger partial charge in [0.25, 0.3) is 5.91 Å². The van der Waals surface area contributed by atoms with Crippen LogP contribution >= 0.6 is 0 Å². The third-order valence-corrected chi connectivity index (χ3v) is 2.92. The monoisotopic (exact) mass is 304 g/mol. The van der Waals surface area contributed by atoms with E-state index in [2.05, 4.69) is 22.4 Å². The number of carbonyl (C=O) groups excluding carboxylic acids is 1. The van der Waals surface area contributed by atoms with Crippen molar-refractivity contribution in [3.8, 4) is 11.5 Å². The molecule has 0 fully saturated rings. The first-order valence-electron chi connectivity index (χ1n) is 7.14. The molecule has 118 valence electrons. The maximum atomic E-state index is 11.7. The molecule has 7 nitrogen and oxygen atoms in total. The van der Waals surface area contributed by atoms with Crippen molar-refractivity contribution < 1.29 is 14.3 Å². The zero-order valence-electron chi connectivity index (χ0n) is 12.8. The van der Waals surface area contributed by atoms with Crippen molar-refractivity contribution in [2.45, 2.75) is 19.9 Å². The summed E-state index contributed by atoms with van der Waals surface area (Å²) < 4.78 is 12.6. The summed E-state index contributed by atoms with van der Waals surface area (Å²) in [6.45, 7) is 3.01. The second kappa shape index (κ2) is 8.02. The van der Waals surface area contributed by atoms with Gasteiger partial charge in [0.05, 0.1) is 13.2 Å². The van der Waals surface area contributed by atoms with Gasteiger partial charge in [-0.05, 0) is 30.7 Å². The van der Waals surface area contributed by atoms with Gasteiger partial charge in [-0.3, -0.25) is 4.79 Å². The van der Waals surface area contributed by atoms with E-state index in [0.717, 1.165) is 12.2 Å². The van der Waals surface area contributed by atoms with Gasteiger partial charge in [0.1, 0.15) is 17.8 Å². The summed E-state index contributed by atoms with van der Waals surface area (Å²) in [4.78, 5) is 11.7. The summed E-state index contributed by atoms with van der Waals surface area (Å²) in [6, 6.07) is 7.20. The zero-order valence-corrected chi connectivity index (χ0v) is 12.8. The van der Waals surface area contributed by atoms with Crippen LogP contribution in [0.25, 0.3) is 0 Å². The predicted molar refractivity (Wildman–Crippen MR) is 80.6 cm³/mol. The van der Waals surface area contributed by atoms with E-state index in [1.54, 1.807) is 23.0 Å². The van der Waals surface area contributed by atoms with Gasteiger partial charge in [-0.15, -0.1) is 10.2 Å². The van der Waals surface area contributed by atoms with Gasteiger partial charge >= 0.3 is 0 Å². The standard InChI is InChI=1S/C15H20N4O3/c1-3-8-21-12-4-6-13(7-5-12)22-10-15(20)16-9-14-18-17-11-19(14)2/h4-7,11H,3,8-10H2,1-2H3,(H,16,20). The predicted octanol–water partition coefficient (Wildman–Crippen LogP) is 1.30. The lowest BCUT2D eigenvalue weighted by Crippen LogP contribution is -2.29. The average molecular weight is 304 g/mol.